The molecular formula is C44H74O5. The standard InChI is InChI=1S/C44H74O5/c1-3-5-7-9-11-13-15-17-18-19-20-21-22-23-24-25-27-29-31-33-35-37-39-44(47)49-42(40-45)41-48-43(46)38-36-34-32-30-28-26-16-14-12-10-8-6-4-2/h6,8,10,12,14,16,19-20,22-23,26,28,42,45H,3-5,7,9,11,13,15,17-18,21,24-25,27,29-41H2,1-2H3/b8-6+,12-10+,16-14+,20-19+,23-22+,28-26+. The van der Waals surface area contributed by atoms with Crippen molar-refractivity contribution < 1.29 is 24.2 Å². The van der Waals surface area contributed by atoms with Gasteiger partial charge in [-0.3, -0.25) is 9.59 Å². The zero-order valence-corrected chi connectivity index (χ0v) is 31.7. The molecule has 5 nitrogen and oxygen atoms in total. The average Bonchev–Trinajstić information content (AvgIpc) is 3.10. The topological polar surface area (TPSA) is 72.8 Å². The van der Waals surface area contributed by atoms with E-state index in [1.807, 2.05) is 36.5 Å². The molecule has 5 heteroatoms. The lowest BCUT2D eigenvalue weighted by atomic mass is 10.1. The Balaban J connectivity index is 3.62. The summed E-state index contributed by atoms with van der Waals surface area (Å²) in [5.74, 6) is -0.651. The molecule has 0 rings (SSSR count). The molecule has 0 aliphatic heterocycles. The van der Waals surface area contributed by atoms with Crippen molar-refractivity contribution in [3.8, 4) is 0 Å². The summed E-state index contributed by atoms with van der Waals surface area (Å²) in [5.41, 5.74) is 0. The molecule has 0 amide bonds. The number of allylic oxidation sites excluding steroid dienone is 12. The second-order valence-electron chi connectivity index (χ2n) is 13.1. The molecule has 0 bridgehead atoms. The van der Waals surface area contributed by atoms with Crippen LogP contribution < -0.4 is 0 Å². The fourth-order valence-corrected chi connectivity index (χ4v) is 5.30. The fraction of sp³-hybridized carbons (Fsp3) is 0.682. The minimum absolute atomic E-state index is 0.0932. The van der Waals surface area contributed by atoms with E-state index in [4.69, 9.17) is 9.47 Å². The highest BCUT2D eigenvalue weighted by molar-refractivity contribution is 5.70. The van der Waals surface area contributed by atoms with Gasteiger partial charge in [0.15, 0.2) is 6.10 Å². The van der Waals surface area contributed by atoms with E-state index in [1.165, 1.54) is 83.5 Å². The largest absolute Gasteiger partial charge is 0.462 e. The molecule has 0 saturated carbocycles. The van der Waals surface area contributed by atoms with Crippen LogP contribution in [0.2, 0.25) is 0 Å². The Labute approximate surface area is 302 Å². The molecule has 0 radical (unpaired) electrons. The number of hydrogen-bond donors (Lipinski definition) is 1. The van der Waals surface area contributed by atoms with E-state index >= 15 is 0 Å². The van der Waals surface area contributed by atoms with Crippen molar-refractivity contribution in [3.63, 3.8) is 0 Å². The molecule has 1 unspecified atom stereocenters. The van der Waals surface area contributed by atoms with E-state index in [0.717, 1.165) is 64.2 Å². The lowest BCUT2D eigenvalue weighted by Gasteiger charge is -2.15. The predicted octanol–water partition coefficient (Wildman–Crippen LogP) is 12.6. The highest BCUT2D eigenvalue weighted by atomic mass is 16.6. The SMILES string of the molecule is CC/C=C/C=C/C=C/C=C/CCCCCC(=O)OCC(CO)OC(=O)CCCCCCCCC/C=C/C/C=C/CCCCCCCCCC. The number of aliphatic hydroxyl groups excluding tert-OH is 1. The highest BCUT2D eigenvalue weighted by Crippen LogP contribution is 2.12. The first-order chi connectivity index (χ1) is 24.1. The van der Waals surface area contributed by atoms with Gasteiger partial charge in [-0.2, -0.15) is 0 Å². The second-order valence-corrected chi connectivity index (χ2v) is 13.1. The number of carbonyl (C=O) groups excluding carboxylic acids is 2. The third-order valence-electron chi connectivity index (χ3n) is 8.33. The minimum atomic E-state index is -0.794. The molecule has 0 aromatic heterocycles. The van der Waals surface area contributed by atoms with Crippen molar-refractivity contribution in [3.05, 3.63) is 72.9 Å². The van der Waals surface area contributed by atoms with Gasteiger partial charge in [-0.25, -0.2) is 0 Å². The number of unbranched alkanes of at least 4 members (excludes halogenated alkanes) is 18. The third kappa shape index (κ3) is 38.0. The molecule has 1 N–H and O–H groups in total. The normalized spacial score (nSPS) is 13.0. The fourth-order valence-electron chi connectivity index (χ4n) is 5.30. The van der Waals surface area contributed by atoms with Gasteiger partial charge < -0.3 is 14.6 Å². The average molecular weight is 683 g/mol. The number of hydrogen-bond acceptors (Lipinski definition) is 5. The van der Waals surface area contributed by atoms with Gasteiger partial charge >= 0.3 is 11.9 Å². The maximum atomic E-state index is 12.2. The quantitative estimate of drug-likeness (QED) is 0.0312. The van der Waals surface area contributed by atoms with Gasteiger partial charge in [0, 0.05) is 12.8 Å². The first kappa shape index (κ1) is 46.3. The van der Waals surface area contributed by atoms with Crippen LogP contribution in [0.25, 0.3) is 0 Å². The Morgan fingerprint density at radius 2 is 0.959 bits per heavy atom. The monoisotopic (exact) mass is 683 g/mol. The number of ether oxygens (including phenoxy) is 2. The molecule has 0 aromatic carbocycles. The summed E-state index contributed by atoms with van der Waals surface area (Å²) in [6.07, 6.45) is 52.6. The lowest BCUT2D eigenvalue weighted by Crippen LogP contribution is -2.28. The highest BCUT2D eigenvalue weighted by Gasteiger charge is 2.16. The van der Waals surface area contributed by atoms with Gasteiger partial charge in [0.05, 0.1) is 6.61 Å². The van der Waals surface area contributed by atoms with E-state index in [9.17, 15) is 14.7 Å². The Morgan fingerprint density at radius 1 is 0.510 bits per heavy atom. The smallest absolute Gasteiger partial charge is 0.306 e. The third-order valence-corrected chi connectivity index (χ3v) is 8.33. The Bertz CT molecular complexity index is 910. The number of aliphatic hydroxyl groups is 1. The molecule has 0 saturated heterocycles. The Hall–Kier alpha value is -2.66. The predicted molar refractivity (Wildman–Crippen MR) is 210 cm³/mol. The van der Waals surface area contributed by atoms with Crippen LogP contribution >= 0.6 is 0 Å². The van der Waals surface area contributed by atoms with Gasteiger partial charge in [-0.15, -0.1) is 0 Å². The van der Waals surface area contributed by atoms with Gasteiger partial charge in [-0.05, 0) is 64.2 Å². The molecule has 49 heavy (non-hydrogen) atoms. The summed E-state index contributed by atoms with van der Waals surface area (Å²) >= 11 is 0. The van der Waals surface area contributed by atoms with Crippen LogP contribution in [-0.2, 0) is 19.1 Å². The van der Waals surface area contributed by atoms with Crippen molar-refractivity contribution in [2.75, 3.05) is 13.2 Å². The minimum Gasteiger partial charge on any atom is -0.462 e. The molecular weight excluding hydrogens is 608 g/mol. The van der Waals surface area contributed by atoms with Crippen LogP contribution in [0.4, 0.5) is 0 Å². The molecule has 1 atom stereocenters. The number of carbonyl (C=O) groups is 2. The summed E-state index contributed by atoms with van der Waals surface area (Å²) in [6, 6.07) is 0. The molecule has 280 valence electrons. The molecule has 0 aliphatic carbocycles. The first-order valence-corrected chi connectivity index (χ1v) is 20.0. The zero-order chi connectivity index (χ0) is 35.7. The molecule has 0 fully saturated rings. The van der Waals surface area contributed by atoms with Gasteiger partial charge in [0.25, 0.3) is 0 Å². The van der Waals surface area contributed by atoms with Crippen molar-refractivity contribution >= 4 is 11.9 Å². The van der Waals surface area contributed by atoms with Crippen molar-refractivity contribution in [1.29, 1.82) is 0 Å². The number of rotatable bonds is 35. The van der Waals surface area contributed by atoms with E-state index in [1.54, 1.807) is 0 Å². The van der Waals surface area contributed by atoms with Gasteiger partial charge in [0.1, 0.15) is 6.61 Å². The zero-order valence-electron chi connectivity index (χ0n) is 31.7. The lowest BCUT2D eigenvalue weighted by molar-refractivity contribution is -0.161. The summed E-state index contributed by atoms with van der Waals surface area (Å²) in [5, 5.41) is 9.55. The summed E-state index contributed by atoms with van der Waals surface area (Å²) < 4.78 is 10.6. The molecule has 0 spiro atoms. The van der Waals surface area contributed by atoms with E-state index in [2.05, 4.69) is 50.3 Å². The molecule has 0 heterocycles. The van der Waals surface area contributed by atoms with E-state index in [0.29, 0.717) is 12.8 Å². The van der Waals surface area contributed by atoms with Crippen LogP contribution in [0.1, 0.15) is 174 Å². The summed E-state index contributed by atoms with van der Waals surface area (Å²) in [4.78, 5) is 24.2. The second kappa shape index (κ2) is 39.8. The van der Waals surface area contributed by atoms with Crippen molar-refractivity contribution in [1.82, 2.24) is 0 Å². The van der Waals surface area contributed by atoms with Crippen LogP contribution in [0.5, 0.6) is 0 Å². The Morgan fingerprint density at radius 3 is 1.51 bits per heavy atom. The van der Waals surface area contributed by atoms with Crippen LogP contribution in [0.15, 0.2) is 72.9 Å². The maximum absolute atomic E-state index is 12.2. The van der Waals surface area contributed by atoms with Crippen LogP contribution in [-0.4, -0.2) is 36.4 Å². The summed E-state index contributed by atoms with van der Waals surface area (Å²) in [6.45, 7) is 3.94. The Kier molecular flexibility index (Phi) is 37.6. The maximum Gasteiger partial charge on any atom is 0.306 e. The first-order valence-electron chi connectivity index (χ1n) is 20.0. The van der Waals surface area contributed by atoms with Crippen LogP contribution in [0.3, 0.4) is 0 Å². The van der Waals surface area contributed by atoms with Crippen LogP contribution in [0, 0.1) is 0 Å². The van der Waals surface area contributed by atoms with E-state index in [-0.39, 0.29) is 25.2 Å². The molecule has 0 aliphatic rings. The van der Waals surface area contributed by atoms with Gasteiger partial charge in [-0.1, -0.05) is 170 Å². The summed E-state index contributed by atoms with van der Waals surface area (Å²) in [7, 11) is 0. The van der Waals surface area contributed by atoms with Crippen molar-refractivity contribution in [2.45, 2.75) is 180 Å². The van der Waals surface area contributed by atoms with Gasteiger partial charge in [0.2, 0.25) is 0 Å². The van der Waals surface area contributed by atoms with Crippen molar-refractivity contribution in [2.24, 2.45) is 0 Å². The molecule has 0 aromatic rings. The van der Waals surface area contributed by atoms with E-state index < -0.39 is 6.10 Å². The number of esters is 2.